The number of amides is 1. The second kappa shape index (κ2) is 5.87. The van der Waals surface area contributed by atoms with Gasteiger partial charge in [0.1, 0.15) is 5.82 Å². The van der Waals surface area contributed by atoms with Crippen LogP contribution < -0.4 is 15.9 Å². The van der Waals surface area contributed by atoms with Crippen molar-refractivity contribution < 1.29 is 9.18 Å². The molecule has 0 unspecified atom stereocenters. The highest BCUT2D eigenvalue weighted by Gasteiger charge is 2.08. The van der Waals surface area contributed by atoms with E-state index in [4.69, 9.17) is 5.73 Å². The Bertz CT molecular complexity index is 693. The maximum Gasteiger partial charge on any atom is 0.307 e. The van der Waals surface area contributed by atoms with Gasteiger partial charge in [-0.2, -0.15) is 0 Å². The Morgan fingerprint density at radius 2 is 2.25 bits per heavy atom. The van der Waals surface area contributed by atoms with E-state index in [2.05, 4.69) is 5.32 Å². The van der Waals surface area contributed by atoms with E-state index in [1.54, 1.807) is 5.38 Å². The van der Waals surface area contributed by atoms with Crippen molar-refractivity contribution in [2.45, 2.75) is 19.9 Å². The van der Waals surface area contributed by atoms with Crippen molar-refractivity contribution in [3.63, 3.8) is 0 Å². The number of benzene rings is 1. The fourth-order valence-corrected chi connectivity index (χ4v) is 2.51. The second-order valence-electron chi connectivity index (χ2n) is 4.32. The van der Waals surface area contributed by atoms with Crippen LogP contribution in [0, 0.1) is 12.7 Å². The van der Waals surface area contributed by atoms with Gasteiger partial charge in [0.05, 0.1) is 11.4 Å². The van der Waals surface area contributed by atoms with Gasteiger partial charge in [-0.25, -0.2) is 4.39 Å². The molecule has 0 aliphatic heterocycles. The lowest BCUT2D eigenvalue weighted by Gasteiger charge is -2.09. The first-order valence-corrected chi connectivity index (χ1v) is 6.85. The number of rotatable bonds is 4. The zero-order chi connectivity index (χ0) is 14.7. The van der Waals surface area contributed by atoms with E-state index in [9.17, 15) is 14.0 Å². The van der Waals surface area contributed by atoms with Crippen LogP contribution in [-0.4, -0.2) is 10.5 Å². The summed E-state index contributed by atoms with van der Waals surface area (Å²) in [6.07, 6.45) is 0.147. The Morgan fingerprint density at radius 3 is 2.85 bits per heavy atom. The smallest absolute Gasteiger partial charge is 0.307 e. The molecule has 0 fully saturated rings. The minimum atomic E-state index is -0.457. The zero-order valence-corrected chi connectivity index (χ0v) is 11.7. The monoisotopic (exact) mass is 295 g/mol. The van der Waals surface area contributed by atoms with Crippen LogP contribution in [0.3, 0.4) is 0 Å². The van der Waals surface area contributed by atoms with Crippen LogP contribution in [0.5, 0.6) is 0 Å². The maximum absolute atomic E-state index is 12.9. The van der Waals surface area contributed by atoms with E-state index in [0.717, 1.165) is 23.1 Å². The van der Waals surface area contributed by atoms with E-state index in [1.807, 2.05) is 6.92 Å². The number of hydrogen-bond donors (Lipinski definition) is 2. The van der Waals surface area contributed by atoms with Crippen LogP contribution in [0.15, 0.2) is 28.4 Å². The number of aromatic nitrogens is 1. The highest BCUT2D eigenvalue weighted by Crippen LogP contribution is 2.19. The number of halogens is 1. The molecule has 0 atom stereocenters. The summed E-state index contributed by atoms with van der Waals surface area (Å²) in [5.41, 5.74) is 6.96. The third kappa shape index (κ3) is 3.24. The van der Waals surface area contributed by atoms with Gasteiger partial charge in [0.15, 0.2) is 0 Å². The minimum Gasteiger partial charge on any atom is -0.397 e. The standard InChI is InChI=1S/C13H14FN3O2S/c1-8-7-20-13(19)17(8)5-4-12(18)16-11-3-2-9(14)6-10(11)15/h2-3,6-7H,4-5,15H2,1H3,(H,16,18). The number of nitrogens with zero attached hydrogens (tertiary/aromatic N) is 1. The minimum absolute atomic E-state index is 0.0865. The third-order valence-corrected chi connectivity index (χ3v) is 3.71. The van der Waals surface area contributed by atoms with Gasteiger partial charge in [-0.1, -0.05) is 11.3 Å². The summed E-state index contributed by atoms with van der Waals surface area (Å²) in [6, 6.07) is 3.77. The largest absolute Gasteiger partial charge is 0.397 e. The lowest BCUT2D eigenvalue weighted by atomic mass is 10.2. The van der Waals surface area contributed by atoms with Gasteiger partial charge in [-0.15, -0.1) is 0 Å². The van der Waals surface area contributed by atoms with E-state index >= 15 is 0 Å². The van der Waals surface area contributed by atoms with Crippen molar-refractivity contribution in [3.05, 3.63) is 44.8 Å². The molecule has 0 bridgehead atoms. The van der Waals surface area contributed by atoms with Gasteiger partial charge < -0.3 is 15.6 Å². The first-order chi connectivity index (χ1) is 9.47. The molecule has 0 radical (unpaired) electrons. The Balaban J connectivity index is 1.98. The summed E-state index contributed by atoms with van der Waals surface area (Å²) in [5, 5.41) is 4.34. The summed E-state index contributed by atoms with van der Waals surface area (Å²) < 4.78 is 14.4. The van der Waals surface area contributed by atoms with Crippen molar-refractivity contribution in [3.8, 4) is 0 Å². The second-order valence-corrected chi connectivity index (χ2v) is 5.15. The maximum atomic E-state index is 12.9. The topological polar surface area (TPSA) is 77.1 Å². The highest BCUT2D eigenvalue weighted by atomic mass is 32.1. The number of nitrogens with one attached hydrogen (secondary N) is 1. The van der Waals surface area contributed by atoms with Crippen LogP contribution in [0.1, 0.15) is 12.1 Å². The Hall–Kier alpha value is -2.15. The molecule has 0 spiro atoms. The molecule has 3 N–H and O–H groups in total. The molecular formula is C13H14FN3O2S. The molecular weight excluding hydrogens is 281 g/mol. The Kier molecular flexibility index (Phi) is 4.19. The van der Waals surface area contributed by atoms with E-state index < -0.39 is 5.82 Å². The van der Waals surface area contributed by atoms with E-state index in [1.165, 1.54) is 16.7 Å². The SMILES string of the molecule is Cc1csc(=O)n1CCC(=O)Nc1ccc(F)cc1N. The number of nitrogen functional groups attached to an aromatic ring is 1. The van der Waals surface area contributed by atoms with Gasteiger partial charge in [-0.3, -0.25) is 9.59 Å². The number of thiazole rings is 1. The molecule has 1 aromatic carbocycles. The van der Waals surface area contributed by atoms with Gasteiger partial charge in [0.25, 0.3) is 0 Å². The lowest BCUT2D eigenvalue weighted by molar-refractivity contribution is -0.116. The number of carbonyl (C=O) groups excluding carboxylic acids is 1. The fourth-order valence-electron chi connectivity index (χ4n) is 1.75. The lowest BCUT2D eigenvalue weighted by Crippen LogP contribution is -2.20. The average molecular weight is 295 g/mol. The van der Waals surface area contributed by atoms with Crippen LogP contribution >= 0.6 is 11.3 Å². The molecule has 2 rings (SSSR count). The van der Waals surface area contributed by atoms with Gasteiger partial charge >= 0.3 is 4.87 Å². The molecule has 0 saturated heterocycles. The highest BCUT2D eigenvalue weighted by molar-refractivity contribution is 7.07. The summed E-state index contributed by atoms with van der Waals surface area (Å²) in [5.74, 6) is -0.734. The third-order valence-electron chi connectivity index (χ3n) is 2.83. The van der Waals surface area contributed by atoms with E-state index in [0.29, 0.717) is 12.2 Å². The molecule has 20 heavy (non-hydrogen) atoms. The number of anilines is 2. The van der Waals surface area contributed by atoms with Crippen molar-refractivity contribution >= 4 is 28.6 Å². The molecule has 7 heteroatoms. The number of carbonyl (C=O) groups is 1. The quantitative estimate of drug-likeness (QED) is 0.847. The van der Waals surface area contributed by atoms with E-state index in [-0.39, 0.29) is 22.9 Å². The summed E-state index contributed by atoms with van der Waals surface area (Å²) >= 11 is 1.10. The molecule has 0 aliphatic rings. The van der Waals surface area contributed by atoms with Crippen molar-refractivity contribution in [1.82, 2.24) is 4.57 Å². The van der Waals surface area contributed by atoms with Crippen molar-refractivity contribution in [2.24, 2.45) is 0 Å². The molecule has 0 aliphatic carbocycles. The molecule has 2 aromatic rings. The summed E-state index contributed by atoms with van der Waals surface area (Å²) in [6.45, 7) is 2.12. The van der Waals surface area contributed by atoms with Gasteiger partial charge in [0, 0.05) is 24.0 Å². The van der Waals surface area contributed by atoms with Crippen LogP contribution in [-0.2, 0) is 11.3 Å². The van der Waals surface area contributed by atoms with Crippen LogP contribution in [0.2, 0.25) is 0 Å². The summed E-state index contributed by atoms with van der Waals surface area (Å²) in [4.78, 5) is 23.2. The van der Waals surface area contributed by atoms with Crippen molar-refractivity contribution in [2.75, 3.05) is 11.1 Å². The first kappa shape index (κ1) is 14.3. The average Bonchev–Trinajstić information content (AvgIpc) is 2.70. The van der Waals surface area contributed by atoms with Crippen LogP contribution in [0.25, 0.3) is 0 Å². The van der Waals surface area contributed by atoms with Gasteiger partial charge in [-0.05, 0) is 25.1 Å². The van der Waals surface area contributed by atoms with Crippen LogP contribution in [0.4, 0.5) is 15.8 Å². The number of nitrogens with two attached hydrogens (primary N) is 1. The molecule has 5 nitrogen and oxygen atoms in total. The molecule has 1 heterocycles. The predicted octanol–water partition coefficient (Wildman–Crippen LogP) is 1.97. The first-order valence-electron chi connectivity index (χ1n) is 5.97. The summed E-state index contributed by atoms with van der Waals surface area (Å²) in [7, 11) is 0. The Labute approximate surface area is 118 Å². The fraction of sp³-hybridized carbons (Fsp3) is 0.231. The molecule has 106 valence electrons. The normalized spacial score (nSPS) is 10.5. The number of hydrogen-bond acceptors (Lipinski definition) is 4. The predicted molar refractivity (Wildman–Crippen MR) is 77.4 cm³/mol. The van der Waals surface area contributed by atoms with Gasteiger partial charge in [0.2, 0.25) is 5.91 Å². The zero-order valence-electron chi connectivity index (χ0n) is 10.9. The Morgan fingerprint density at radius 1 is 1.50 bits per heavy atom. The van der Waals surface area contributed by atoms with Crippen molar-refractivity contribution in [1.29, 1.82) is 0 Å². The molecule has 1 aromatic heterocycles. The molecule has 1 amide bonds. The number of aryl methyl sites for hydroxylation is 1. The molecule has 0 saturated carbocycles.